The fourth-order valence-electron chi connectivity index (χ4n) is 1.95. The van der Waals surface area contributed by atoms with Gasteiger partial charge in [0.05, 0.1) is 5.69 Å². The quantitative estimate of drug-likeness (QED) is 0.874. The molecule has 17 heavy (non-hydrogen) atoms. The minimum atomic E-state index is 0.170. The second kappa shape index (κ2) is 4.67. The largest absolute Gasteiger partial charge is 0.328 e. The van der Waals surface area contributed by atoms with Crippen molar-refractivity contribution in [2.75, 3.05) is 0 Å². The highest BCUT2D eigenvalue weighted by molar-refractivity contribution is 5.36. The second-order valence-corrected chi connectivity index (χ2v) is 4.47. The van der Waals surface area contributed by atoms with E-state index in [0.29, 0.717) is 0 Å². The van der Waals surface area contributed by atoms with Crippen LogP contribution in [0.15, 0.2) is 24.3 Å². The van der Waals surface area contributed by atoms with Crippen LogP contribution in [0.25, 0.3) is 5.69 Å². The van der Waals surface area contributed by atoms with Crippen LogP contribution in [0.2, 0.25) is 0 Å². The molecule has 0 saturated carbocycles. The van der Waals surface area contributed by atoms with E-state index in [1.807, 2.05) is 37.6 Å². The smallest absolute Gasteiger partial charge is 0.148 e. The predicted molar refractivity (Wildman–Crippen MR) is 68.2 cm³/mol. The van der Waals surface area contributed by atoms with Gasteiger partial charge in [0.1, 0.15) is 11.6 Å². The molecular weight excluding hydrogens is 212 g/mol. The Morgan fingerprint density at radius 1 is 1.35 bits per heavy atom. The number of hydrogen-bond donors (Lipinski definition) is 1. The van der Waals surface area contributed by atoms with E-state index < -0.39 is 0 Å². The first-order chi connectivity index (χ1) is 8.06. The van der Waals surface area contributed by atoms with Crippen molar-refractivity contribution in [1.82, 2.24) is 14.8 Å². The van der Waals surface area contributed by atoms with E-state index in [1.165, 1.54) is 5.56 Å². The van der Waals surface area contributed by atoms with Gasteiger partial charge in [0, 0.05) is 6.04 Å². The summed E-state index contributed by atoms with van der Waals surface area (Å²) < 4.78 is 1.86. The first-order valence-corrected chi connectivity index (χ1v) is 5.81. The van der Waals surface area contributed by atoms with Crippen molar-refractivity contribution in [3.8, 4) is 5.69 Å². The van der Waals surface area contributed by atoms with Crippen LogP contribution in [-0.4, -0.2) is 20.8 Å². The lowest BCUT2D eigenvalue weighted by atomic mass is 10.1. The number of nitrogens with zero attached hydrogens (tertiary/aromatic N) is 3. The Kier molecular flexibility index (Phi) is 3.24. The van der Waals surface area contributed by atoms with Crippen LogP contribution in [0.5, 0.6) is 0 Å². The Bertz CT molecular complexity index is 514. The Labute approximate surface area is 101 Å². The molecule has 0 fully saturated rings. The molecule has 2 N–H and O–H groups in total. The van der Waals surface area contributed by atoms with E-state index in [0.717, 1.165) is 23.8 Å². The zero-order valence-corrected chi connectivity index (χ0v) is 10.5. The molecule has 0 saturated heterocycles. The van der Waals surface area contributed by atoms with E-state index >= 15 is 0 Å². The molecular formula is C13H18N4. The van der Waals surface area contributed by atoms with Crippen LogP contribution in [0.1, 0.15) is 24.1 Å². The minimum Gasteiger partial charge on any atom is -0.328 e. The van der Waals surface area contributed by atoms with Gasteiger partial charge < -0.3 is 5.73 Å². The third kappa shape index (κ3) is 2.71. The lowest BCUT2D eigenvalue weighted by molar-refractivity contribution is 0.735. The van der Waals surface area contributed by atoms with Crippen molar-refractivity contribution in [1.29, 1.82) is 0 Å². The minimum absolute atomic E-state index is 0.170. The maximum atomic E-state index is 5.81. The van der Waals surface area contributed by atoms with Gasteiger partial charge >= 0.3 is 0 Å². The van der Waals surface area contributed by atoms with Gasteiger partial charge in [-0.3, -0.25) is 0 Å². The Hall–Kier alpha value is -1.68. The third-order valence-electron chi connectivity index (χ3n) is 2.59. The molecule has 0 bridgehead atoms. The van der Waals surface area contributed by atoms with Gasteiger partial charge in [-0.05, 0) is 44.9 Å². The molecule has 0 spiro atoms. The number of aryl methyl sites for hydroxylation is 2. The molecule has 0 aliphatic heterocycles. The highest BCUT2D eigenvalue weighted by atomic mass is 15.3. The molecule has 0 amide bonds. The lowest BCUT2D eigenvalue weighted by Crippen LogP contribution is -2.17. The molecule has 1 atom stereocenters. The van der Waals surface area contributed by atoms with Crippen LogP contribution >= 0.6 is 0 Å². The first-order valence-electron chi connectivity index (χ1n) is 5.81. The summed E-state index contributed by atoms with van der Waals surface area (Å²) in [5.41, 5.74) is 8.08. The molecule has 0 radical (unpaired) electrons. The number of aromatic nitrogens is 3. The highest BCUT2D eigenvalue weighted by Crippen LogP contribution is 2.13. The monoisotopic (exact) mass is 230 g/mol. The van der Waals surface area contributed by atoms with Gasteiger partial charge in [-0.2, -0.15) is 5.10 Å². The van der Waals surface area contributed by atoms with Gasteiger partial charge in [0.25, 0.3) is 0 Å². The molecule has 1 heterocycles. The average Bonchev–Trinajstić information content (AvgIpc) is 2.57. The van der Waals surface area contributed by atoms with Crippen LogP contribution in [0.4, 0.5) is 0 Å². The SMILES string of the molecule is Cc1nc(C)n(-c2cccc(CC(C)N)c2)n1. The molecule has 1 unspecified atom stereocenters. The normalized spacial score (nSPS) is 12.7. The Morgan fingerprint density at radius 3 is 2.71 bits per heavy atom. The van der Waals surface area contributed by atoms with Crippen LogP contribution in [0.3, 0.4) is 0 Å². The third-order valence-corrected chi connectivity index (χ3v) is 2.59. The topological polar surface area (TPSA) is 56.7 Å². The van der Waals surface area contributed by atoms with Crippen molar-refractivity contribution >= 4 is 0 Å². The standard InChI is InChI=1S/C13H18N4/c1-9(14)7-12-5-4-6-13(8-12)17-11(3)15-10(2)16-17/h4-6,8-9H,7,14H2,1-3H3. The molecule has 0 aliphatic rings. The van der Waals surface area contributed by atoms with Crippen molar-refractivity contribution in [3.63, 3.8) is 0 Å². The van der Waals surface area contributed by atoms with Crippen LogP contribution in [0, 0.1) is 13.8 Å². The second-order valence-electron chi connectivity index (χ2n) is 4.47. The van der Waals surface area contributed by atoms with E-state index in [9.17, 15) is 0 Å². The fourth-order valence-corrected chi connectivity index (χ4v) is 1.95. The number of rotatable bonds is 3. The molecule has 0 aliphatic carbocycles. The average molecular weight is 230 g/mol. The van der Waals surface area contributed by atoms with E-state index in [1.54, 1.807) is 0 Å². The highest BCUT2D eigenvalue weighted by Gasteiger charge is 2.06. The van der Waals surface area contributed by atoms with Crippen molar-refractivity contribution in [2.45, 2.75) is 33.2 Å². The summed E-state index contributed by atoms with van der Waals surface area (Å²) in [4.78, 5) is 4.31. The maximum absolute atomic E-state index is 5.81. The molecule has 2 rings (SSSR count). The summed E-state index contributed by atoms with van der Waals surface area (Å²) in [5, 5.41) is 4.38. The molecule has 1 aromatic carbocycles. The number of benzene rings is 1. The Balaban J connectivity index is 2.36. The van der Waals surface area contributed by atoms with Gasteiger partial charge in [0.15, 0.2) is 0 Å². The van der Waals surface area contributed by atoms with Crippen molar-refractivity contribution in [2.24, 2.45) is 5.73 Å². The van der Waals surface area contributed by atoms with Gasteiger partial charge in [0.2, 0.25) is 0 Å². The van der Waals surface area contributed by atoms with Crippen LogP contribution < -0.4 is 5.73 Å². The summed E-state index contributed by atoms with van der Waals surface area (Å²) in [5.74, 6) is 1.69. The van der Waals surface area contributed by atoms with Gasteiger partial charge in [-0.15, -0.1) is 0 Å². The molecule has 4 nitrogen and oxygen atoms in total. The first kappa shape index (κ1) is 11.8. The maximum Gasteiger partial charge on any atom is 0.148 e. The van der Waals surface area contributed by atoms with Crippen LogP contribution in [-0.2, 0) is 6.42 Å². The predicted octanol–water partition coefficient (Wildman–Crippen LogP) is 1.77. The Morgan fingerprint density at radius 2 is 2.12 bits per heavy atom. The summed E-state index contributed by atoms with van der Waals surface area (Å²) in [6.07, 6.45) is 0.876. The van der Waals surface area contributed by atoms with E-state index in [2.05, 4.69) is 22.2 Å². The van der Waals surface area contributed by atoms with E-state index in [-0.39, 0.29) is 6.04 Å². The zero-order valence-electron chi connectivity index (χ0n) is 10.5. The summed E-state index contributed by atoms with van der Waals surface area (Å²) in [7, 11) is 0. The lowest BCUT2D eigenvalue weighted by Gasteiger charge is -2.08. The fraction of sp³-hybridized carbons (Fsp3) is 0.385. The summed E-state index contributed by atoms with van der Waals surface area (Å²) in [6.45, 7) is 5.87. The summed E-state index contributed by atoms with van der Waals surface area (Å²) in [6, 6.07) is 8.44. The number of hydrogen-bond acceptors (Lipinski definition) is 3. The number of nitrogens with two attached hydrogens (primary N) is 1. The molecule has 4 heteroatoms. The van der Waals surface area contributed by atoms with Crippen molar-refractivity contribution in [3.05, 3.63) is 41.5 Å². The summed E-state index contributed by atoms with van der Waals surface area (Å²) >= 11 is 0. The molecule has 1 aromatic heterocycles. The zero-order chi connectivity index (χ0) is 12.4. The van der Waals surface area contributed by atoms with Gasteiger partial charge in [-0.1, -0.05) is 12.1 Å². The van der Waals surface area contributed by atoms with Crippen molar-refractivity contribution < 1.29 is 0 Å². The molecule has 2 aromatic rings. The molecule has 90 valence electrons. The van der Waals surface area contributed by atoms with Gasteiger partial charge in [-0.25, -0.2) is 9.67 Å². The van der Waals surface area contributed by atoms with E-state index in [4.69, 9.17) is 5.73 Å².